The van der Waals surface area contributed by atoms with Crippen molar-refractivity contribution in [3.05, 3.63) is 174 Å². The molecule has 0 N–H and O–H groups in total. The third-order valence-corrected chi connectivity index (χ3v) is 12.2. The van der Waals surface area contributed by atoms with Gasteiger partial charge in [0, 0.05) is 16.4 Å². The number of hydrogen-bond acceptors (Lipinski definition) is 2. The van der Waals surface area contributed by atoms with Crippen LogP contribution in [0.4, 0.5) is 17.1 Å². The smallest absolute Gasteiger partial charge is 0.152 e. The molecule has 3 aliphatic rings. The fourth-order valence-corrected chi connectivity index (χ4v) is 9.59. The lowest BCUT2D eigenvalue weighted by atomic mass is 9.81. The molecule has 0 saturated heterocycles. The summed E-state index contributed by atoms with van der Waals surface area (Å²) in [5.41, 5.74) is 15.8. The second-order valence-corrected chi connectivity index (χ2v) is 15.7. The Morgan fingerprint density at radius 3 is 1.44 bits per heavy atom. The lowest BCUT2D eigenvalue weighted by Crippen LogP contribution is -2.21. The predicted octanol–water partition coefficient (Wildman–Crippen LogP) is 13.8. The Labute approximate surface area is 304 Å². The van der Waals surface area contributed by atoms with Crippen LogP contribution in [0.15, 0.2) is 152 Å². The van der Waals surface area contributed by atoms with E-state index in [1.54, 1.807) is 0 Å². The summed E-state index contributed by atoms with van der Waals surface area (Å²) < 4.78 is 7.17. The number of benzene rings is 8. The van der Waals surface area contributed by atoms with Crippen molar-refractivity contribution in [1.29, 1.82) is 0 Å². The summed E-state index contributed by atoms with van der Waals surface area (Å²) in [6, 6.07) is 55.9. The minimum Gasteiger partial charge on any atom is -0.453 e. The first-order valence-corrected chi connectivity index (χ1v) is 18.4. The molecule has 0 saturated carbocycles. The van der Waals surface area contributed by atoms with Crippen molar-refractivity contribution < 1.29 is 4.74 Å². The van der Waals surface area contributed by atoms with Gasteiger partial charge in [0.05, 0.1) is 17.1 Å². The van der Waals surface area contributed by atoms with Gasteiger partial charge in [-0.05, 0) is 102 Å². The fraction of sp³-hybridized carbons (Fsp3) is 0.120. The Morgan fingerprint density at radius 1 is 0.404 bits per heavy atom. The molecule has 1 heterocycles. The first-order valence-electron chi connectivity index (χ1n) is 18.4. The summed E-state index contributed by atoms with van der Waals surface area (Å²) in [6.45, 7) is 9.48. The van der Waals surface area contributed by atoms with Crippen LogP contribution in [0.3, 0.4) is 0 Å². The van der Waals surface area contributed by atoms with Gasteiger partial charge in [0.15, 0.2) is 11.5 Å². The number of para-hydroxylation sites is 1. The zero-order valence-electron chi connectivity index (χ0n) is 29.8. The molecule has 11 rings (SSSR count). The second-order valence-electron chi connectivity index (χ2n) is 15.7. The van der Waals surface area contributed by atoms with E-state index in [1.165, 1.54) is 77.2 Å². The Morgan fingerprint density at radius 2 is 0.885 bits per heavy atom. The molecule has 0 bridgehead atoms. The van der Waals surface area contributed by atoms with Crippen LogP contribution in [0.2, 0.25) is 0 Å². The van der Waals surface area contributed by atoms with E-state index in [0.29, 0.717) is 0 Å². The zero-order chi connectivity index (χ0) is 34.9. The second kappa shape index (κ2) is 10.2. The zero-order valence-corrected chi connectivity index (χ0v) is 29.8. The van der Waals surface area contributed by atoms with E-state index < -0.39 is 0 Å². The maximum absolute atomic E-state index is 7.17. The molecule has 0 radical (unpaired) electrons. The number of anilines is 3. The highest BCUT2D eigenvalue weighted by atomic mass is 16.5. The van der Waals surface area contributed by atoms with Gasteiger partial charge in [-0.15, -0.1) is 0 Å². The molecule has 2 heteroatoms. The topological polar surface area (TPSA) is 12.5 Å². The van der Waals surface area contributed by atoms with E-state index in [-0.39, 0.29) is 10.8 Å². The molecule has 248 valence electrons. The molecule has 8 aromatic carbocycles. The van der Waals surface area contributed by atoms with Crippen molar-refractivity contribution in [2.24, 2.45) is 0 Å². The van der Waals surface area contributed by atoms with E-state index in [0.717, 1.165) is 28.6 Å². The standard InChI is InChI=1S/C50H37NO/c1-49(2)38-24-22-31-16-8-10-19-34(31)47(38)36-26-45-43(28-40(36)49)51(42-21-13-12-18-33(42)30-14-6-5-7-15-30)44-29-41-37(27-46(44)52-45)48-35-20-11-9-17-32(35)23-25-39(48)50(41,3)4/h5-29H,1-4H3. The number of nitrogens with zero attached hydrogens (tertiary/aromatic N) is 1. The first-order chi connectivity index (χ1) is 25.3. The van der Waals surface area contributed by atoms with Crippen molar-refractivity contribution in [2.45, 2.75) is 38.5 Å². The molecular weight excluding hydrogens is 631 g/mol. The van der Waals surface area contributed by atoms with Gasteiger partial charge in [-0.2, -0.15) is 0 Å². The molecule has 2 nitrogen and oxygen atoms in total. The highest BCUT2D eigenvalue weighted by Crippen LogP contribution is 2.61. The minimum atomic E-state index is -0.183. The fourth-order valence-electron chi connectivity index (χ4n) is 9.59. The normalized spacial score (nSPS) is 15.3. The van der Waals surface area contributed by atoms with Crippen LogP contribution in [-0.4, -0.2) is 0 Å². The molecule has 0 amide bonds. The third kappa shape index (κ3) is 3.84. The first kappa shape index (κ1) is 29.6. The molecule has 0 aromatic heterocycles. The van der Waals surface area contributed by atoms with E-state index in [2.05, 4.69) is 184 Å². The molecule has 2 aliphatic carbocycles. The van der Waals surface area contributed by atoms with E-state index >= 15 is 0 Å². The molecule has 0 atom stereocenters. The summed E-state index contributed by atoms with van der Waals surface area (Å²) in [5.74, 6) is 1.75. The lowest BCUT2D eigenvalue weighted by Gasteiger charge is -2.36. The number of ether oxygens (including phenoxy) is 1. The Bertz CT molecular complexity index is 2670. The molecule has 8 aromatic rings. The summed E-state index contributed by atoms with van der Waals surface area (Å²) >= 11 is 0. The van der Waals surface area contributed by atoms with Crippen LogP contribution in [0.5, 0.6) is 11.5 Å². The highest BCUT2D eigenvalue weighted by molar-refractivity contribution is 6.06. The van der Waals surface area contributed by atoms with Gasteiger partial charge in [-0.25, -0.2) is 0 Å². The van der Waals surface area contributed by atoms with Crippen LogP contribution < -0.4 is 9.64 Å². The quantitative estimate of drug-likeness (QED) is 0.182. The van der Waals surface area contributed by atoms with Crippen molar-refractivity contribution in [1.82, 2.24) is 0 Å². The Kier molecular flexibility index (Phi) is 5.83. The maximum atomic E-state index is 7.17. The van der Waals surface area contributed by atoms with Crippen molar-refractivity contribution in [3.8, 4) is 44.9 Å². The Balaban J connectivity index is 1.21. The van der Waals surface area contributed by atoms with Crippen LogP contribution in [0, 0.1) is 0 Å². The van der Waals surface area contributed by atoms with Crippen molar-refractivity contribution in [3.63, 3.8) is 0 Å². The van der Waals surface area contributed by atoms with Gasteiger partial charge < -0.3 is 9.64 Å². The van der Waals surface area contributed by atoms with Crippen LogP contribution in [0.1, 0.15) is 49.9 Å². The monoisotopic (exact) mass is 667 g/mol. The summed E-state index contributed by atoms with van der Waals surface area (Å²) in [4.78, 5) is 2.48. The van der Waals surface area contributed by atoms with Gasteiger partial charge >= 0.3 is 0 Å². The SMILES string of the molecule is CC1(C)c2cc3c(cc2-c2c1ccc1ccccc21)Oc1cc2c(cc1N3c1ccccc1-c1ccccc1)C(C)(C)c1ccc3ccccc3c1-2. The van der Waals surface area contributed by atoms with E-state index in [4.69, 9.17) is 4.74 Å². The summed E-state index contributed by atoms with van der Waals surface area (Å²) in [5, 5.41) is 5.10. The van der Waals surface area contributed by atoms with Gasteiger partial charge in [0.1, 0.15) is 0 Å². The predicted molar refractivity (Wildman–Crippen MR) is 217 cm³/mol. The number of fused-ring (bicyclic) bond motifs is 12. The van der Waals surface area contributed by atoms with Crippen molar-refractivity contribution in [2.75, 3.05) is 4.90 Å². The maximum Gasteiger partial charge on any atom is 0.152 e. The van der Waals surface area contributed by atoms with Gasteiger partial charge in [-0.1, -0.05) is 149 Å². The van der Waals surface area contributed by atoms with E-state index in [1.807, 2.05) is 0 Å². The molecule has 0 fully saturated rings. The van der Waals surface area contributed by atoms with Gasteiger partial charge in [0.25, 0.3) is 0 Å². The molecule has 1 aliphatic heterocycles. The minimum absolute atomic E-state index is 0.183. The molecule has 0 unspecified atom stereocenters. The summed E-state index contributed by atoms with van der Waals surface area (Å²) in [7, 11) is 0. The number of hydrogen-bond donors (Lipinski definition) is 0. The molecular formula is C50H37NO. The van der Waals surface area contributed by atoms with Gasteiger partial charge in [0.2, 0.25) is 0 Å². The average molecular weight is 668 g/mol. The van der Waals surface area contributed by atoms with Crippen LogP contribution in [-0.2, 0) is 10.8 Å². The molecule has 0 spiro atoms. The van der Waals surface area contributed by atoms with Crippen molar-refractivity contribution >= 4 is 38.6 Å². The van der Waals surface area contributed by atoms with E-state index in [9.17, 15) is 0 Å². The van der Waals surface area contributed by atoms with Gasteiger partial charge in [-0.3, -0.25) is 0 Å². The van der Waals surface area contributed by atoms with Crippen LogP contribution in [0.25, 0.3) is 54.9 Å². The van der Waals surface area contributed by atoms with Crippen LogP contribution >= 0.6 is 0 Å². The Hall–Kier alpha value is -6.12. The average Bonchev–Trinajstić information content (AvgIpc) is 3.54. The third-order valence-electron chi connectivity index (χ3n) is 12.2. The molecule has 52 heavy (non-hydrogen) atoms. The lowest BCUT2D eigenvalue weighted by molar-refractivity contribution is 0.476. The largest absolute Gasteiger partial charge is 0.453 e. The highest BCUT2D eigenvalue weighted by Gasteiger charge is 2.42. The summed E-state index contributed by atoms with van der Waals surface area (Å²) in [6.07, 6.45) is 0. The number of rotatable bonds is 2.